The Morgan fingerprint density at radius 1 is 1.04 bits per heavy atom. The third kappa shape index (κ3) is 3.56. The molecular formula is C22H22ClFN4. The highest BCUT2D eigenvalue weighted by Gasteiger charge is 2.19. The first-order valence-electron chi connectivity index (χ1n) is 9.83. The van der Waals surface area contributed by atoms with Gasteiger partial charge in [-0.3, -0.25) is 4.90 Å². The van der Waals surface area contributed by atoms with Crippen LogP contribution in [0.25, 0.3) is 22.2 Å². The fourth-order valence-electron chi connectivity index (χ4n) is 3.85. The van der Waals surface area contributed by atoms with Crippen LogP contribution >= 0.6 is 11.6 Å². The summed E-state index contributed by atoms with van der Waals surface area (Å²) in [4.78, 5) is 2.32. The maximum Gasteiger partial charge on any atom is 0.132 e. The van der Waals surface area contributed by atoms with E-state index in [-0.39, 0.29) is 0 Å². The molecule has 0 amide bonds. The topological polar surface area (TPSA) is 34.0 Å². The van der Waals surface area contributed by atoms with Crippen molar-refractivity contribution in [3.05, 3.63) is 58.6 Å². The number of fused-ring (bicyclic) bond motifs is 1. The van der Waals surface area contributed by atoms with Crippen molar-refractivity contribution < 1.29 is 4.39 Å². The first kappa shape index (κ1) is 17.8. The summed E-state index contributed by atoms with van der Waals surface area (Å²) in [6.07, 6.45) is 3.93. The van der Waals surface area contributed by atoms with Crippen molar-refractivity contribution in [2.24, 2.45) is 0 Å². The minimum Gasteiger partial charge on any atom is -0.299 e. The molecule has 2 heterocycles. The molecular weight excluding hydrogens is 375 g/mol. The average Bonchev–Trinajstić information content (AvgIpc) is 3.43. The predicted molar refractivity (Wildman–Crippen MR) is 110 cm³/mol. The number of hydrogen-bond donors (Lipinski definition) is 0. The molecule has 2 aromatic carbocycles. The van der Waals surface area contributed by atoms with E-state index in [9.17, 15) is 4.39 Å². The lowest BCUT2D eigenvalue weighted by Gasteiger charge is -2.28. The van der Waals surface area contributed by atoms with Gasteiger partial charge in [-0.1, -0.05) is 53.2 Å². The van der Waals surface area contributed by atoms with E-state index in [4.69, 9.17) is 11.6 Å². The van der Waals surface area contributed by atoms with Crippen LogP contribution in [0.2, 0.25) is 5.02 Å². The zero-order valence-electron chi connectivity index (χ0n) is 15.6. The number of rotatable bonds is 5. The van der Waals surface area contributed by atoms with Crippen LogP contribution in [0.1, 0.15) is 24.8 Å². The highest BCUT2D eigenvalue weighted by Crippen LogP contribution is 2.34. The van der Waals surface area contributed by atoms with Crippen LogP contribution in [-0.4, -0.2) is 39.2 Å². The van der Waals surface area contributed by atoms with Crippen molar-refractivity contribution in [2.45, 2.75) is 38.5 Å². The quantitative estimate of drug-likeness (QED) is 0.568. The highest BCUT2D eigenvalue weighted by atomic mass is 35.5. The third-order valence-electron chi connectivity index (χ3n) is 5.66. The molecule has 0 atom stereocenters. The Morgan fingerprint density at radius 3 is 2.50 bits per heavy atom. The second kappa shape index (κ2) is 7.30. The second-order valence-corrected chi connectivity index (χ2v) is 8.13. The lowest BCUT2D eigenvalue weighted by molar-refractivity contribution is 0.145. The number of halogens is 2. The largest absolute Gasteiger partial charge is 0.299 e. The summed E-state index contributed by atoms with van der Waals surface area (Å²) in [5, 5.41) is 9.21. The Morgan fingerprint density at radius 2 is 1.79 bits per heavy atom. The van der Waals surface area contributed by atoms with Crippen molar-refractivity contribution in [3.63, 3.8) is 0 Å². The van der Waals surface area contributed by atoms with Gasteiger partial charge in [0.15, 0.2) is 0 Å². The molecule has 0 radical (unpaired) electrons. The molecule has 4 nitrogen and oxygen atoms in total. The minimum absolute atomic E-state index is 0.630. The van der Waals surface area contributed by atoms with Gasteiger partial charge in [-0.05, 0) is 42.0 Å². The summed E-state index contributed by atoms with van der Waals surface area (Å²) in [5.41, 5.74) is 6.38. The van der Waals surface area contributed by atoms with E-state index in [0.29, 0.717) is 17.9 Å². The van der Waals surface area contributed by atoms with E-state index in [0.717, 1.165) is 54.8 Å². The van der Waals surface area contributed by atoms with Gasteiger partial charge in [0.2, 0.25) is 0 Å². The standard InChI is InChI=1S/C22H22ClFN4/c23-21-19(7-8-20-22(21)25-26-28(20)14-16-1-2-16)17-5-3-15(4-6-17)13-27-11-9-18(24)10-12-27/h1,3-8,18H,2,9-14H2. The molecule has 0 N–H and O–H groups in total. The zero-order chi connectivity index (χ0) is 19.1. The van der Waals surface area contributed by atoms with Crippen LogP contribution in [0.3, 0.4) is 0 Å². The van der Waals surface area contributed by atoms with Gasteiger partial charge in [0.05, 0.1) is 17.1 Å². The molecule has 1 aromatic heterocycles. The fourth-order valence-corrected chi connectivity index (χ4v) is 4.15. The Balaban J connectivity index is 1.36. The van der Waals surface area contributed by atoms with E-state index < -0.39 is 6.17 Å². The van der Waals surface area contributed by atoms with E-state index in [1.54, 1.807) is 0 Å². The second-order valence-electron chi connectivity index (χ2n) is 7.76. The first-order valence-corrected chi connectivity index (χ1v) is 10.2. The Labute approximate surface area is 168 Å². The minimum atomic E-state index is -0.630. The SMILES string of the molecule is FC1CCN(Cc2ccc(-c3ccc4c(nnn4CC4=CC4)c3Cl)cc2)CC1. The average molecular weight is 397 g/mol. The van der Waals surface area contributed by atoms with Crippen LogP contribution < -0.4 is 0 Å². The van der Waals surface area contributed by atoms with Crippen molar-refractivity contribution in [1.29, 1.82) is 0 Å². The molecule has 1 fully saturated rings. The Kier molecular flexibility index (Phi) is 4.65. The van der Waals surface area contributed by atoms with Gasteiger partial charge >= 0.3 is 0 Å². The van der Waals surface area contributed by atoms with E-state index in [1.807, 2.05) is 10.7 Å². The molecule has 6 heteroatoms. The van der Waals surface area contributed by atoms with Crippen molar-refractivity contribution >= 4 is 22.6 Å². The maximum absolute atomic E-state index is 13.3. The lowest BCUT2D eigenvalue weighted by atomic mass is 10.0. The molecule has 2 aliphatic rings. The third-order valence-corrected chi connectivity index (χ3v) is 6.04. The van der Waals surface area contributed by atoms with E-state index in [1.165, 1.54) is 11.1 Å². The number of alkyl halides is 1. The summed E-state index contributed by atoms with van der Waals surface area (Å²) >= 11 is 6.68. The molecule has 0 unspecified atom stereocenters. The van der Waals surface area contributed by atoms with Crippen LogP contribution in [0, 0.1) is 0 Å². The van der Waals surface area contributed by atoms with Crippen LogP contribution in [0.4, 0.5) is 4.39 Å². The number of benzene rings is 2. The molecule has 1 aliphatic heterocycles. The molecule has 144 valence electrons. The molecule has 28 heavy (non-hydrogen) atoms. The normalized spacial score (nSPS) is 17.9. The first-order chi connectivity index (χ1) is 13.7. The van der Waals surface area contributed by atoms with E-state index >= 15 is 0 Å². The number of hydrogen-bond acceptors (Lipinski definition) is 3. The molecule has 0 bridgehead atoms. The maximum atomic E-state index is 13.3. The predicted octanol–water partition coefficient (Wildman–Crippen LogP) is 5.02. The van der Waals surface area contributed by atoms with Crippen LogP contribution in [-0.2, 0) is 13.1 Å². The van der Waals surface area contributed by atoms with Gasteiger partial charge in [0, 0.05) is 25.2 Å². The van der Waals surface area contributed by atoms with Gasteiger partial charge in [-0.15, -0.1) is 5.10 Å². The number of nitrogens with zero attached hydrogens (tertiary/aromatic N) is 4. The van der Waals surface area contributed by atoms with Gasteiger partial charge in [-0.2, -0.15) is 0 Å². The summed E-state index contributed by atoms with van der Waals surface area (Å²) < 4.78 is 15.2. The number of likely N-dealkylation sites (tertiary alicyclic amines) is 1. The number of aromatic nitrogens is 3. The highest BCUT2D eigenvalue weighted by molar-refractivity contribution is 6.37. The monoisotopic (exact) mass is 396 g/mol. The summed E-state index contributed by atoms with van der Waals surface area (Å²) in [7, 11) is 0. The Bertz CT molecular complexity index is 1030. The molecule has 1 saturated heterocycles. The van der Waals surface area contributed by atoms with E-state index in [2.05, 4.69) is 51.6 Å². The Hall–Kier alpha value is -2.24. The van der Waals surface area contributed by atoms with Gasteiger partial charge in [-0.25, -0.2) is 9.07 Å². The van der Waals surface area contributed by atoms with Gasteiger partial charge in [0.25, 0.3) is 0 Å². The molecule has 3 aromatic rings. The van der Waals surface area contributed by atoms with Crippen molar-refractivity contribution in [1.82, 2.24) is 19.9 Å². The molecule has 0 saturated carbocycles. The number of allylic oxidation sites excluding steroid dienone is 2. The van der Waals surface area contributed by atoms with Crippen molar-refractivity contribution in [2.75, 3.05) is 13.1 Å². The van der Waals surface area contributed by atoms with Crippen LogP contribution in [0.5, 0.6) is 0 Å². The summed E-state index contributed by atoms with van der Waals surface area (Å²) in [6, 6.07) is 12.6. The van der Waals surface area contributed by atoms with Gasteiger partial charge in [0.1, 0.15) is 11.7 Å². The number of piperidine rings is 1. The lowest BCUT2D eigenvalue weighted by Crippen LogP contribution is -2.33. The van der Waals surface area contributed by atoms with Crippen LogP contribution in [0.15, 0.2) is 48.0 Å². The van der Waals surface area contributed by atoms with Crippen molar-refractivity contribution in [3.8, 4) is 11.1 Å². The van der Waals surface area contributed by atoms with Gasteiger partial charge < -0.3 is 0 Å². The zero-order valence-corrected chi connectivity index (χ0v) is 16.4. The summed E-state index contributed by atoms with van der Waals surface area (Å²) in [5.74, 6) is 0. The fraction of sp³-hybridized carbons (Fsp3) is 0.364. The molecule has 1 aliphatic carbocycles. The smallest absolute Gasteiger partial charge is 0.132 e. The molecule has 5 rings (SSSR count). The summed E-state index contributed by atoms with van der Waals surface area (Å²) in [6.45, 7) is 3.32. The molecule has 0 spiro atoms.